The molecule has 0 bridgehead atoms. The second-order valence-electron chi connectivity index (χ2n) is 5.83. The van der Waals surface area contributed by atoms with Gasteiger partial charge in [-0.1, -0.05) is 38.3 Å². The van der Waals surface area contributed by atoms with Crippen molar-refractivity contribution in [1.82, 2.24) is 0 Å². The molecule has 0 saturated carbocycles. The minimum atomic E-state index is 0.251. The zero-order valence-corrected chi connectivity index (χ0v) is 16.1. The number of thioether (sulfide) groups is 1. The number of hydrogen-bond acceptors (Lipinski definition) is 6. The highest BCUT2D eigenvalue weighted by molar-refractivity contribution is 8.11. The Balaban J connectivity index is 2.87. The topological polar surface area (TPSA) is 77.5 Å². The molecule has 0 aliphatic heterocycles. The van der Waals surface area contributed by atoms with Crippen LogP contribution in [0.4, 0.5) is 0 Å². The zero-order chi connectivity index (χ0) is 18.8. The molecule has 1 rings (SSSR count). The third-order valence-corrected chi connectivity index (χ3v) is 4.24. The van der Waals surface area contributed by atoms with Crippen LogP contribution in [0.2, 0.25) is 0 Å². The SMILES string of the molecule is C=C(S/C(COOCC)=C(/C)N)c1ccc(OCC(C)C)c(C#N)c1. The summed E-state index contributed by atoms with van der Waals surface area (Å²) in [6.07, 6.45) is 0. The highest BCUT2D eigenvalue weighted by atomic mass is 32.2. The van der Waals surface area contributed by atoms with Crippen LogP contribution in [0, 0.1) is 17.2 Å². The lowest BCUT2D eigenvalue weighted by Crippen LogP contribution is -2.06. The Labute approximate surface area is 154 Å². The number of rotatable bonds is 10. The third kappa shape index (κ3) is 7.22. The lowest BCUT2D eigenvalue weighted by molar-refractivity contribution is -0.283. The van der Waals surface area contributed by atoms with Gasteiger partial charge in [0, 0.05) is 15.5 Å². The fourth-order valence-electron chi connectivity index (χ4n) is 1.78. The molecule has 0 aliphatic rings. The molecule has 0 atom stereocenters. The summed E-state index contributed by atoms with van der Waals surface area (Å²) in [6, 6.07) is 7.64. The summed E-state index contributed by atoms with van der Waals surface area (Å²) in [5.74, 6) is 0.977. The predicted molar refractivity (Wildman–Crippen MR) is 103 cm³/mol. The normalized spacial score (nSPS) is 11.8. The Bertz CT molecular complexity index is 659. The smallest absolute Gasteiger partial charge is 0.137 e. The van der Waals surface area contributed by atoms with Crippen LogP contribution in [0.15, 0.2) is 35.4 Å². The Morgan fingerprint density at radius 1 is 1.36 bits per heavy atom. The Morgan fingerprint density at radius 3 is 2.64 bits per heavy atom. The summed E-state index contributed by atoms with van der Waals surface area (Å²) in [6.45, 7) is 13.1. The molecule has 0 saturated heterocycles. The lowest BCUT2D eigenvalue weighted by atomic mass is 10.1. The van der Waals surface area contributed by atoms with Gasteiger partial charge in [0.25, 0.3) is 0 Å². The summed E-state index contributed by atoms with van der Waals surface area (Å²) < 4.78 is 5.68. The molecule has 0 fully saturated rings. The molecular weight excluding hydrogens is 336 g/mol. The van der Waals surface area contributed by atoms with Crippen LogP contribution in [0.3, 0.4) is 0 Å². The van der Waals surface area contributed by atoms with Gasteiger partial charge < -0.3 is 10.5 Å². The molecular formula is C19H26N2O3S. The van der Waals surface area contributed by atoms with Crippen molar-refractivity contribution in [3.05, 3.63) is 46.5 Å². The molecule has 0 aliphatic carbocycles. The average Bonchev–Trinajstić information content (AvgIpc) is 2.58. The molecule has 0 heterocycles. The van der Waals surface area contributed by atoms with Crippen LogP contribution >= 0.6 is 11.8 Å². The Hall–Kier alpha value is -1.94. The van der Waals surface area contributed by atoms with Gasteiger partial charge in [-0.2, -0.15) is 5.26 Å². The van der Waals surface area contributed by atoms with E-state index >= 15 is 0 Å². The summed E-state index contributed by atoms with van der Waals surface area (Å²) in [4.78, 5) is 11.6. The van der Waals surface area contributed by atoms with Crippen LogP contribution in [0.25, 0.3) is 4.91 Å². The fourth-order valence-corrected chi connectivity index (χ4v) is 2.59. The molecule has 25 heavy (non-hydrogen) atoms. The maximum atomic E-state index is 9.37. The Morgan fingerprint density at radius 2 is 2.08 bits per heavy atom. The van der Waals surface area contributed by atoms with Gasteiger partial charge in [-0.3, -0.25) is 0 Å². The van der Waals surface area contributed by atoms with E-state index in [9.17, 15) is 5.26 Å². The van der Waals surface area contributed by atoms with Crippen LogP contribution < -0.4 is 10.5 Å². The summed E-state index contributed by atoms with van der Waals surface area (Å²) in [5, 5.41) is 9.37. The van der Waals surface area contributed by atoms with Crippen LogP contribution in [-0.2, 0) is 9.78 Å². The van der Waals surface area contributed by atoms with E-state index in [0.29, 0.717) is 36.1 Å². The maximum Gasteiger partial charge on any atom is 0.137 e. The minimum absolute atomic E-state index is 0.251. The van der Waals surface area contributed by atoms with E-state index in [-0.39, 0.29) is 6.61 Å². The number of nitrogens with zero attached hydrogens (tertiary/aromatic N) is 1. The fraction of sp³-hybridized carbons (Fsp3) is 0.421. The summed E-state index contributed by atoms with van der Waals surface area (Å²) in [5.41, 5.74) is 7.87. The summed E-state index contributed by atoms with van der Waals surface area (Å²) >= 11 is 1.40. The Kier molecular flexibility index (Phi) is 9.14. The van der Waals surface area contributed by atoms with E-state index in [2.05, 4.69) is 26.5 Å². The highest BCUT2D eigenvalue weighted by Gasteiger charge is 2.11. The zero-order valence-electron chi connectivity index (χ0n) is 15.3. The molecule has 0 radical (unpaired) electrons. The molecule has 0 spiro atoms. The number of hydrogen-bond donors (Lipinski definition) is 1. The van der Waals surface area contributed by atoms with Crippen molar-refractivity contribution in [2.75, 3.05) is 19.8 Å². The maximum absolute atomic E-state index is 9.37. The first-order valence-electron chi connectivity index (χ1n) is 8.12. The summed E-state index contributed by atoms with van der Waals surface area (Å²) in [7, 11) is 0. The van der Waals surface area contributed by atoms with Crippen LogP contribution in [-0.4, -0.2) is 19.8 Å². The third-order valence-electron chi connectivity index (χ3n) is 3.07. The highest BCUT2D eigenvalue weighted by Crippen LogP contribution is 2.35. The molecule has 0 amide bonds. The average molecular weight is 362 g/mol. The van der Waals surface area contributed by atoms with Gasteiger partial charge in [0.1, 0.15) is 18.4 Å². The van der Waals surface area contributed by atoms with Crippen molar-refractivity contribution in [1.29, 1.82) is 5.26 Å². The van der Waals surface area contributed by atoms with Gasteiger partial charge in [0.05, 0.1) is 18.8 Å². The van der Waals surface area contributed by atoms with E-state index in [1.54, 1.807) is 19.1 Å². The van der Waals surface area contributed by atoms with Gasteiger partial charge in [-0.15, -0.1) is 0 Å². The molecule has 1 aromatic rings. The van der Waals surface area contributed by atoms with Gasteiger partial charge in [0.15, 0.2) is 0 Å². The van der Waals surface area contributed by atoms with Gasteiger partial charge in [0.2, 0.25) is 0 Å². The van der Waals surface area contributed by atoms with Crippen molar-refractivity contribution in [3.8, 4) is 11.8 Å². The predicted octanol–water partition coefficient (Wildman–Crippen LogP) is 4.46. The second-order valence-corrected chi connectivity index (χ2v) is 7.02. The number of allylic oxidation sites excluding steroid dienone is 1. The molecule has 2 N–H and O–H groups in total. The first kappa shape index (κ1) is 21.1. The van der Waals surface area contributed by atoms with Gasteiger partial charge >= 0.3 is 0 Å². The van der Waals surface area contributed by atoms with Crippen LogP contribution in [0.5, 0.6) is 5.75 Å². The van der Waals surface area contributed by atoms with E-state index in [1.165, 1.54) is 11.8 Å². The van der Waals surface area contributed by atoms with E-state index < -0.39 is 0 Å². The molecule has 0 aromatic heterocycles. The van der Waals surface area contributed by atoms with Crippen molar-refractivity contribution >= 4 is 16.7 Å². The van der Waals surface area contributed by atoms with Gasteiger partial charge in [-0.05, 0) is 37.5 Å². The van der Waals surface area contributed by atoms with Crippen molar-refractivity contribution in [3.63, 3.8) is 0 Å². The van der Waals surface area contributed by atoms with E-state index in [0.717, 1.165) is 15.4 Å². The standard InChI is InChI=1S/C19H26N2O3S/c1-6-23-24-12-19(14(4)21)25-15(5)16-7-8-18(17(9-16)10-20)22-11-13(2)3/h7-9,13H,5-6,11-12,21H2,1-4H3/b19-14-. The quantitative estimate of drug-likeness (QED) is 0.376. The molecule has 1 aromatic carbocycles. The largest absolute Gasteiger partial charge is 0.492 e. The van der Waals surface area contributed by atoms with Crippen molar-refractivity contribution in [2.45, 2.75) is 27.7 Å². The molecule has 136 valence electrons. The molecule has 0 unspecified atom stereocenters. The molecule has 5 nitrogen and oxygen atoms in total. The number of nitrogens with two attached hydrogens (primary N) is 1. The number of ether oxygens (including phenoxy) is 1. The monoisotopic (exact) mass is 362 g/mol. The lowest BCUT2D eigenvalue weighted by Gasteiger charge is -2.14. The van der Waals surface area contributed by atoms with Gasteiger partial charge in [-0.25, -0.2) is 9.78 Å². The number of nitriles is 1. The first-order valence-corrected chi connectivity index (χ1v) is 8.94. The van der Waals surface area contributed by atoms with E-state index in [4.69, 9.17) is 20.2 Å². The minimum Gasteiger partial charge on any atom is -0.492 e. The van der Waals surface area contributed by atoms with Crippen molar-refractivity contribution in [2.24, 2.45) is 11.7 Å². The molecule has 6 heteroatoms. The first-order chi connectivity index (χ1) is 11.9. The van der Waals surface area contributed by atoms with Crippen LogP contribution in [0.1, 0.15) is 38.8 Å². The van der Waals surface area contributed by atoms with E-state index in [1.807, 2.05) is 13.0 Å². The van der Waals surface area contributed by atoms with Crippen molar-refractivity contribution < 1.29 is 14.5 Å². The second kappa shape index (κ2) is 10.8. The number of benzene rings is 1.